The summed E-state index contributed by atoms with van der Waals surface area (Å²) in [5, 5.41) is 9.55. The molecule has 19 heavy (non-hydrogen) atoms. The first kappa shape index (κ1) is 13.0. The largest absolute Gasteiger partial charge is 0.507 e. The predicted molar refractivity (Wildman–Crippen MR) is 64.4 cm³/mol. The second-order valence-electron chi connectivity index (χ2n) is 3.78. The van der Waals surface area contributed by atoms with Crippen molar-refractivity contribution >= 4 is 5.78 Å². The van der Waals surface area contributed by atoms with Gasteiger partial charge in [0.05, 0.1) is 18.2 Å². The molecule has 0 spiro atoms. The highest BCUT2D eigenvalue weighted by Gasteiger charge is 2.23. The van der Waals surface area contributed by atoms with Crippen molar-refractivity contribution in [3.05, 3.63) is 59.2 Å². The molecule has 98 valence electrons. The zero-order chi connectivity index (χ0) is 14.0. The highest BCUT2D eigenvalue weighted by Crippen LogP contribution is 2.27. The summed E-state index contributed by atoms with van der Waals surface area (Å²) in [5.41, 5.74) is -0.922. The maximum absolute atomic E-state index is 13.9. The van der Waals surface area contributed by atoms with E-state index in [0.717, 1.165) is 12.1 Å². The lowest BCUT2D eigenvalue weighted by Crippen LogP contribution is -2.09. The third kappa shape index (κ3) is 2.27. The molecule has 0 amide bonds. The number of phenols is 1. The minimum atomic E-state index is -1.09. The Morgan fingerprint density at radius 3 is 2.47 bits per heavy atom. The minimum absolute atomic E-state index is 0.173. The van der Waals surface area contributed by atoms with Gasteiger partial charge in [0.1, 0.15) is 11.6 Å². The Hall–Kier alpha value is -2.43. The first-order valence-corrected chi connectivity index (χ1v) is 5.41. The van der Waals surface area contributed by atoms with Crippen molar-refractivity contribution in [3.63, 3.8) is 0 Å². The highest BCUT2D eigenvalue weighted by molar-refractivity contribution is 6.11. The van der Waals surface area contributed by atoms with Gasteiger partial charge in [0.15, 0.2) is 11.6 Å². The fourth-order valence-corrected chi connectivity index (χ4v) is 1.70. The SMILES string of the molecule is COc1ccc(F)c(C(=O)c2ccccc2O)c1F. The van der Waals surface area contributed by atoms with E-state index in [1.54, 1.807) is 0 Å². The first-order valence-electron chi connectivity index (χ1n) is 5.41. The Balaban J connectivity index is 2.60. The van der Waals surface area contributed by atoms with Crippen LogP contribution in [0.5, 0.6) is 11.5 Å². The lowest BCUT2D eigenvalue weighted by atomic mass is 10.0. The number of ether oxygens (including phenoxy) is 1. The zero-order valence-electron chi connectivity index (χ0n) is 9.98. The number of ketones is 1. The summed E-state index contributed by atoms with van der Waals surface area (Å²) in [7, 11) is 1.21. The third-order valence-electron chi connectivity index (χ3n) is 2.65. The Morgan fingerprint density at radius 2 is 1.84 bits per heavy atom. The Morgan fingerprint density at radius 1 is 1.16 bits per heavy atom. The fourth-order valence-electron chi connectivity index (χ4n) is 1.70. The van der Waals surface area contributed by atoms with Crippen LogP contribution in [0.15, 0.2) is 36.4 Å². The molecule has 0 saturated carbocycles. The quantitative estimate of drug-likeness (QED) is 0.867. The molecule has 3 nitrogen and oxygen atoms in total. The van der Waals surface area contributed by atoms with Gasteiger partial charge in [-0.15, -0.1) is 0 Å². The molecule has 5 heteroatoms. The van der Waals surface area contributed by atoms with E-state index in [9.17, 15) is 18.7 Å². The van der Waals surface area contributed by atoms with Gasteiger partial charge in [-0.25, -0.2) is 8.78 Å². The number of phenolic OH excluding ortho intramolecular Hbond substituents is 1. The molecule has 1 N–H and O–H groups in total. The second-order valence-corrected chi connectivity index (χ2v) is 3.78. The summed E-state index contributed by atoms with van der Waals surface area (Å²) in [6.45, 7) is 0. The van der Waals surface area contributed by atoms with Crippen LogP contribution < -0.4 is 4.74 Å². The molecular formula is C14H10F2O3. The van der Waals surface area contributed by atoms with Gasteiger partial charge in [-0.2, -0.15) is 0 Å². The Kier molecular flexibility index (Phi) is 3.46. The summed E-state index contributed by atoms with van der Waals surface area (Å²) in [4.78, 5) is 12.1. The van der Waals surface area contributed by atoms with E-state index in [2.05, 4.69) is 0 Å². The van der Waals surface area contributed by atoms with Crippen molar-refractivity contribution in [2.75, 3.05) is 7.11 Å². The molecule has 0 saturated heterocycles. The van der Waals surface area contributed by atoms with Crippen LogP contribution in [0.3, 0.4) is 0 Å². The van der Waals surface area contributed by atoms with Crippen molar-refractivity contribution in [2.45, 2.75) is 0 Å². The van der Waals surface area contributed by atoms with Crippen molar-refractivity contribution in [3.8, 4) is 11.5 Å². The number of halogens is 2. The minimum Gasteiger partial charge on any atom is -0.507 e. The average Bonchev–Trinajstić information content (AvgIpc) is 2.39. The van der Waals surface area contributed by atoms with Gasteiger partial charge in [0.25, 0.3) is 0 Å². The van der Waals surface area contributed by atoms with Crippen molar-refractivity contribution in [1.82, 2.24) is 0 Å². The van der Waals surface area contributed by atoms with Crippen LogP contribution in [0.4, 0.5) is 8.78 Å². The van der Waals surface area contributed by atoms with Gasteiger partial charge in [-0.1, -0.05) is 12.1 Å². The van der Waals surface area contributed by atoms with Gasteiger partial charge >= 0.3 is 0 Å². The van der Waals surface area contributed by atoms with Gasteiger partial charge in [0, 0.05) is 0 Å². The molecule has 2 aromatic carbocycles. The van der Waals surface area contributed by atoms with E-state index >= 15 is 0 Å². The second kappa shape index (κ2) is 5.06. The van der Waals surface area contributed by atoms with E-state index in [0.29, 0.717) is 0 Å². The number of carbonyl (C=O) groups excluding carboxylic acids is 1. The van der Waals surface area contributed by atoms with E-state index in [4.69, 9.17) is 4.74 Å². The smallest absolute Gasteiger partial charge is 0.202 e. The molecule has 0 aliphatic rings. The molecule has 0 radical (unpaired) electrons. The normalized spacial score (nSPS) is 10.3. The fraction of sp³-hybridized carbons (Fsp3) is 0.0714. The van der Waals surface area contributed by atoms with Crippen LogP contribution in [0.2, 0.25) is 0 Å². The van der Waals surface area contributed by atoms with Crippen LogP contribution in [0.1, 0.15) is 15.9 Å². The first-order chi connectivity index (χ1) is 9.06. The maximum atomic E-state index is 13.9. The number of hydrogen-bond acceptors (Lipinski definition) is 3. The molecule has 2 aromatic rings. The molecule has 0 atom stereocenters. The zero-order valence-corrected chi connectivity index (χ0v) is 9.98. The van der Waals surface area contributed by atoms with Crippen LogP contribution in [-0.4, -0.2) is 18.0 Å². The molecule has 0 unspecified atom stereocenters. The van der Waals surface area contributed by atoms with Crippen molar-refractivity contribution in [1.29, 1.82) is 0 Å². The molecule has 0 aliphatic heterocycles. The average molecular weight is 264 g/mol. The number of rotatable bonds is 3. The molecular weight excluding hydrogens is 254 g/mol. The van der Waals surface area contributed by atoms with Gasteiger partial charge in [-0.05, 0) is 24.3 Å². The molecule has 2 rings (SSSR count). The Labute approximate surface area is 108 Å². The van der Waals surface area contributed by atoms with Crippen molar-refractivity contribution in [2.24, 2.45) is 0 Å². The van der Waals surface area contributed by atoms with E-state index in [1.807, 2.05) is 0 Å². The van der Waals surface area contributed by atoms with Crippen LogP contribution in [0.25, 0.3) is 0 Å². The van der Waals surface area contributed by atoms with Gasteiger partial charge in [-0.3, -0.25) is 4.79 Å². The van der Waals surface area contributed by atoms with E-state index in [1.165, 1.54) is 31.4 Å². The molecule has 0 bridgehead atoms. The summed E-state index contributed by atoms with van der Waals surface area (Å²) in [6, 6.07) is 7.58. The number of aromatic hydroxyl groups is 1. The molecule has 0 fully saturated rings. The van der Waals surface area contributed by atoms with Crippen molar-refractivity contribution < 1.29 is 23.4 Å². The number of hydrogen-bond donors (Lipinski definition) is 1. The monoisotopic (exact) mass is 264 g/mol. The summed E-state index contributed by atoms with van der Waals surface area (Å²) in [6.07, 6.45) is 0. The summed E-state index contributed by atoms with van der Waals surface area (Å²) >= 11 is 0. The van der Waals surface area contributed by atoms with Gasteiger partial charge in [0.2, 0.25) is 5.78 Å². The molecule has 0 heterocycles. The molecule has 0 aromatic heterocycles. The highest BCUT2D eigenvalue weighted by atomic mass is 19.1. The molecule has 0 aliphatic carbocycles. The lowest BCUT2D eigenvalue weighted by Gasteiger charge is -2.09. The van der Waals surface area contributed by atoms with Gasteiger partial charge < -0.3 is 9.84 Å². The van der Waals surface area contributed by atoms with Crippen LogP contribution in [-0.2, 0) is 0 Å². The van der Waals surface area contributed by atoms with E-state index < -0.39 is 23.0 Å². The number of methoxy groups -OCH3 is 1. The summed E-state index contributed by atoms with van der Waals surface area (Å²) in [5.74, 6) is -3.61. The lowest BCUT2D eigenvalue weighted by molar-refractivity contribution is 0.102. The third-order valence-corrected chi connectivity index (χ3v) is 2.65. The maximum Gasteiger partial charge on any atom is 0.202 e. The Bertz CT molecular complexity index is 639. The topological polar surface area (TPSA) is 46.5 Å². The number of carbonyl (C=O) groups is 1. The standard InChI is InChI=1S/C14H10F2O3/c1-19-11-7-6-9(15)12(13(11)16)14(18)8-4-2-3-5-10(8)17/h2-7,17H,1H3. The van der Waals surface area contributed by atoms with Crippen LogP contribution >= 0.6 is 0 Å². The van der Waals surface area contributed by atoms with Crippen LogP contribution in [0, 0.1) is 11.6 Å². The number of para-hydroxylation sites is 1. The van der Waals surface area contributed by atoms with E-state index in [-0.39, 0.29) is 17.1 Å². The summed E-state index contributed by atoms with van der Waals surface area (Å²) < 4.78 is 32.3. The predicted octanol–water partition coefficient (Wildman–Crippen LogP) is 2.91. The number of benzene rings is 2.